The average molecular weight is 414 g/mol. The molecule has 0 unspecified atom stereocenters. The molecule has 2 N–H and O–H groups in total. The summed E-state index contributed by atoms with van der Waals surface area (Å²) in [5.41, 5.74) is 7.46. The van der Waals surface area contributed by atoms with Gasteiger partial charge in [0.1, 0.15) is 6.33 Å². The molecule has 3 heterocycles. The number of anilines is 1. The first-order valence-electron chi connectivity index (χ1n) is 10.9. The number of nitrogens with one attached hydrogen (secondary N) is 2. The number of hydrogen-bond acceptors (Lipinski definition) is 5. The number of H-pyrrole nitrogens is 1. The first-order valence-corrected chi connectivity index (χ1v) is 10.9. The molecule has 0 aliphatic carbocycles. The van der Waals surface area contributed by atoms with Gasteiger partial charge in [-0.1, -0.05) is 24.3 Å². The highest BCUT2D eigenvalue weighted by Crippen LogP contribution is 2.36. The molecule has 31 heavy (non-hydrogen) atoms. The first-order chi connectivity index (χ1) is 15.4. The smallest absolute Gasteiger partial charge is 0.115 e. The van der Waals surface area contributed by atoms with Crippen LogP contribution in [0.25, 0.3) is 22.0 Å². The second-order valence-corrected chi connectivity index (χ2v) is 7.77. The lowest BCUT2D eigenvalue weighted by Gasteiger charge is -2.31. The standard InChI is InChI=1S/C25H27N5O/c1-3-20(22-9-12-28-24(22)5-1)21-4-2-6-25(30-13-15-31-16-14-30)23(21)8-11-26-17-19-7-10-27-18-29-19/h1-7,9-10,12,18,26,28H,8,11,13-17H2. The predicted octanol–water partition coefficient (Wildman–Crippen LogP) is 3.79. The molecule has 1 saturated heterocycles. The van der Waals surface area contributed by atoms with E-state index in [-0.39, 0.29) is 0 Å². The summed E-state index contributed by atoms with van der Waals surface area (Å²) in [6.45, 7) is 5.04. The predicted molar refractivity (Wildman–Crippen MR) is 124 cm³/mol. The monoisotopic (exact) mass is 413 g/mol. The maximum atomic E-state index is 5.60. The van der Waals surface area contributed by atoms with Crippen molar-refractivity contribution in [3.05, 3.63) is 78.5 Å². The van der Waals surface area contributed by atoms with Gasteiger partial charge in [0.15, 0.2) is 0 Å². The summed E-state index contributed by atoms with van der Waals surface area (Å²) in [7, 11) is 0. The van der Waals surface area contributed by atoms with Crippen LogP contribution in [0.2, 0.25) is 0 Å². The largest absolute Gasteiger partial charge is 0.378 e. The van der Waals surface area contributed by atoms with Crippen LogP contribution in [-0.4, -0.2) is 47.8 Å². The van der Waals surface area contributed by atoms with Crippen LogP contribution in [0.1, 0.15) is 11.3 Å². The lowest BCUT2D eigenvalue weighted by Crippen LogP contribution is -2.37. The third kappa shape index (κ3) is 4.31. The number of benzene rings is 2. The zero-order valence-corrected chi connectivity index (χ0v) is 17.6. The lowest BCUT2D eigenvalue weighted by molar-refractivity contribution is 0.122. The van der Waals surface area contributed by atoms with Crippen LogP contribution in [0, 0.1) is 0 Å². The SMILES string of the molecule is c1cc(-c2cccc3[nH]ccc23)c(CCNCc2ccncn2)c(N2CCOCC2)c1. The number of aromatic amines is 1. The molecule has 1 aliphatic rings. The van der Waals surface area contributed by atoms with E-state index in [2.05, 4.69) is 67.6 Å². The van der Waals surface area contributed by atoms with Crippen molar-refractivity contribution >= 4 is 16.6 Å². The summed E-state index contributed by atoms with van der Waals surface area (Å²) in [6.07, 6.45) is 6.34. The zero-order chi connectivity index (χ0) is 20.9. The van der Waals surface area contributed by atoms with E-state index in [1.165, 1.54) is 33.3 Å². The fourth-order valence-corrected chi connectivity index (χ4v) is 4.36. The van der Waals surface area contributed by atoms with E-state index in [4.69, 9.17) is 4.74 Å². The number of ether oxygens (including phenoxy) is 1. The summed E-state index contributed by atoms with van der Waals surface area (Å²) >= 11 is 0. The van der Waals surface area contributed by atoms with Gasteiger partial charge in [0.05, 0.1) is 18.9 Å². The molecule has 1 aliphatic heterocycles. The lowest BCUT2D eigenvalue weighted by atomic mass is 9.93. The molecule has 5 rings (SSSR count). The Labute approximate surface area is 182 Å². The van der Waals surface area contributed by atoms with Gasteiger partial charge < -0.3 is 19.9 Å². The molecule has 158 valence electrons. The van der Waals surface area contributed by atoms with Crippen LogP contribution < -0.4 is 10.2 Å². The molecule has 2 aromatic heterocycles. The second-order valence-electron chi connectivity index (χ2n) is 7.77. The van der Waals surface area contributed by atoms with Crippen molar-refractivity contribution in [2.45, 2.75) is 13.0 Å². The van der Waals surface area contributed by atoms with E-state index in [1.54, 1.807) is 12.5 Å². The Hall–Kier alpha value is -3.22. The molecular weight excluding hydrogens is 386 g/mol. The van der Waals surface area contributed by atoms with Gasteiger partial charge >= 0.3 is 0 Å². The molecule has 4 aromatic rings. The topological polar surface area (TPSA) is 66.1 Å². The number of fused-ring (bicyclic) bond motifs is 1. The molecule has 6 nitrogen and oxygen atoms in total. The Balaban J connectivity index is 1.46. The quantitative estimate of drug-likeness (QED) is 0.451. The number of hydrogen-bond donors (Lipinski definition) is 2. The minimum atomic E-state index is 0.741. The molecule has 1 fully saturated rings. The zero-order valence-electron chi connectivity index (χ0n) is 17.6. The minimum Gasteiger partial charge on any atom is -0.378 e. The van der Waals surface area contributed by atoms with Crippen molar-refractivity contribution in [2.24, 2.45) is 0 Å². The summed E-state index contributed by atoms with van der Waals surface area (Å²) < 4.78 is 5.60. The van der Waals surface area contributed by atoms with E-state index in [1.807, 2.05) is 12.3 Å². The summed E-state index contributed by atoms with van der Waals surface area (Å²) in [4.78, 5) is 14.1. The van der Waals surface area contributed by atoms with Crippen LogP contribution in [0.5, 0.6) is 0 Å². The highest BCUT2D eigenvalue weighted by atomic mass is 16.5. The van der Waals surface area contributed by atoms with Gasteiger partial charge in [-0.15, -0.1) is 0 Å². The molecule has 0 spiro atoms. The molecule has 0 amide bonds. The van der Waals surface area contributed by atoms with Gasteiger partial charge in [-0.25, -0.2) is 9.97 Å². The van der Waals surface area contributed by atoms with Crippen LogP contribution >= 0.6 is 0 Å². The van der Waals surface area contributed by atoms with Crippen molar-refractivity contribution < 1.29 is 4.74 Å². The Bertz CT molecular complexity index is 1140. The van der Waals surface area contributed by atoms with Crippen molar-refractivity contribution in [2.75, 3.05) is 37.7 Å². The van der Waals surface area contributed by atoms with Crippen molar-refractivity contribution in [1.82, 2.24) is 20.3 Å². The van der Waals surface area contributed by atoms with Crippen molar-refractivity contribution in [1.29, 1.82) is 0 Å². The average Bonchev–Trinajstić information content (AvgIpc) is 3.32. The second kappa shape index (κ2) is 9.29. The van der Waals surface area contributed by atoms with Gasteiger partial charge in [0.2, 0.25) is 0 Å². The third-order valence-electron chi connectivity index (χ3n) is 5.89. The van der Waals surface area contributed by atoms with E-state index in [9.17, 15) is 0 Å². The maximum absolute atomic E-state index is 5.60. The van der Waals surface area contributed by atoms with E-state index in [0.717, 1.165) is 51.5 Å². The Morgan fingerprint density at radius 3 is 2.74 bits per heavy atom. The number of morpholine rings is 1. The Kier molecular flexibility index (Phi) is 5.91. The molecule has 0 saturated carbocycles. The van der Waals surface area contributed by atoms with Gasteiger partial charge in [-0.05, 0) is 53.9 Å². The molecule has 2 aromatic carbocycles. The molecular formula is C25H27N5O. The minimum absolute atomic E-state index is 0.741. The number of aromatic nitrogens is 3. The van der Waals surface area contributed by atoms with Crippen molar-refractivity contribution in [3.8, 4) is 11.1 Å². The molecule has 0 atom stereocenters. The fraction of sp³-hybridized carbons (Fsp3) is 0.280. The Morgan fingerprint density at radius 2 is 1.87 bits per heavy atom. The van der Waals surface area contributed by atoms with Crippen LogP contribution in [0.3, 0.4) is 0 Å². The summed E-state index contributed by atoms with van der Waals surface area (Å²) in [6, 6.07) is 17.3. The van der Waals surface area contributed by atoms with E-state index >= 15 is 0 Å². The van der Waals surface area contributed by atoms with Crippen LogP contribution in [0.4, 0.5) is 5.69 Å². The normalized spacial score (nSPS) is 14.3. The highest BCUT2D eigenvalue weighted by Gasteiger charge is 2.18. The van der Waals surface area contributed by atoms with Crippen LogP contribution in [0.15, 0.2) is 67.3 Å². The van der Waals surface area contributed by atoms with Gasteiger partial charge in [0, 0.05) is 48.6 Å². The highest BCUT2D eigenvalue weighted by molar-refractivity contribution is 5.96. The van der Waals surface area contributed by atoms with Gasteiger partial charge in [0.25, 0.3) is 0 Å². The third-order valence-corrected chi connectivity index (χ3v) is 5.89. The first kappa shape index (κ1) is 19.7. The van der Waals surface area contributed by atoms with E-state index < -0.39 is 0 Å². The molecule has 0 bridgehead atoms. The molecule has 0 radical (unpaired) electrons. The molecule has 6 heteroatoms. The van der Waals surface area contributed by atoms with Gasteiger partial charge in [-0.2, -0.15) is 0 Å². The van der Waals surface area contributed by atoms with Crippen LogP contribution in [-0.2, 0) is 17.7 Å². The fourth-order valence-electron chi connectivity index (χ4n) is 4.36. The summed E-state index contributed by atoms with van der Waals surface area (Å²) in [5, 5.41) is 4.81. The van der Waals surface area contributed by atoms with E-state index in [0.29, 0.717) is 0 Å². The summed E-state index contributed by atoms with van der Waals surface area (Å²) in [5.74, 6) is 0. The number of nitrogens with zero attached hydrogens (tertiary/aromatic N) is 3. The maximum Gasteiger partial charge on any atom is 0.115 e. The van der Waals surface area contributed by atoms with Crippen molar-refractivity contribution in [3.63, 3.8) is 0 Å². The number of rotatable bonds is 7. The Morgan fingerprint density at radius 1 is 1.00 bits per heavy atom. The van der Waals surface area contributed by atoms with Gasteiger partial charge in [-0.3, -0.25) is 0 Å².